The lowest BCUT2D eigenvalue weighted by Crippen LogP contribution is -2.34. The third-order valence-electron chi connectivity index (χ3n) is 6.44. The van der Waals surface area contributed by atoms with E-state index in [2.05, 4.69) is 22.3 Å². The number of carbonyl (C=O) groups excluding carboxylic acids is 1. The predicted molar refractivity (Wildman–Crippen MR) is 128 cm³/mol. The van der Waals surface area contributed by atoms with E-state index in [1.54, 1.807) is 16.4 Å². The number of nitrogens with zero attached hydrogens (tertiary/aromatic N) is 2. The molecule has 0 aromatic heterocycles. The molecule has 7 heteroatoms. The molecule has 1 N–H and O–H groups in total. The topological polar surface area (TPSA) is 69.7 Å². The highest BCUT2D eigenvalue weighted by Crippen LogP contribution is 2.32. The van der Waals surface area contributed by atoms with Gasteiger partial charge in [-0.2, -0.15) is 4.31 Å². The van der Waals surface area contributed by atoms with Crippen molar-refractivity contribution in [2.75, 3.05) is 31.1 Å². The molecule has 0 bridgehead atoms. The van der Waals surface area contributed by atoms with Crippen LogP contribution in [0.3, 0.4) is 0 Å². The fraction of sp³-hybridized carbons (Fsp3) is 0.480. The minimum absolute atomic E-state index is 0.0143. The number of benzene rings is 2. The number of sulfonamides is 1. The number of aryl methyl sites for hydroxylation is 1. The highest BCUT2D eigenvalue weighted by Gasteiger charge is 2.32. The summed E-state index contributed by atoms with van der Waals surface area (Å²) in [5.41, 5.74) is 2.36. The highest BCUT2D eigenvalue weighted by molar-refractivity contribution is 7.89. The second-order valence-corrected chi connectivity index (χ2v) is 10.8. The van der Waals surface area contributed by atoms with Crippen molar-refractivity contribution in [2.45, 2.75) is 56.4 Å². The second kappa shape index (κ2) is 10.0. The Bertz CT molecular complexity index is 1030. The normalized spacial score (nSPS) is 18.1. The zero-order chi connectivity index (χ0) is 22.6. The van der Waals surface area contributed by atoms with Gasteiger partial charge in [0.05, 0.1) is 5.69 Å². The minimum atomic E-state index is -3.63. The molecular weight excluding hydrogens is 422 g/mol. The van der Waals surface area contributed by atoms with Crippen LogP contribution in [0.4, 0.5) is 5.69 Å². The minimum Gasteiger partial charge on any atom is -0.370 e. The van der Waals surface area contributed by atoms with Gasteiger partial charge >= 0.3 is 0 Å². The van der Waals surface area contributed by atoms with Crippen molar-refractivity contribution < 1.29 is 13.2 Å². The maximum atomic E-state index is 13.4. The number of hydrogen-bond donors (Lipinski definition) is 1. The number of anilines is 1. The molecule has 1 amide bonds. The Morgan fingerprint density at radius 1 is 0.969 bits per heavy atom. The standard InChI is InChI=1S/C25H33N3O3S/c1-20(11-12-21-9-3-2-4-10-21)26-25(29)22-13-14-23(27-15-5-6-16-27)24(19-22)32(30,31)28-17-7-8-18-28/h2-4,9-10,13-14,19-20H,5-8,11-12,15-18H2,1H3,(H,26,29)/t20-/m1/s1. The summed E-state index contributed by atoms with van der Waals surface area (Å²) in [6.07, 6.45) is 5.59. The fourth-order valence-electron chi connectivity index (χ4n) is 4.56. The lowest BCUT2D eigenvalue weighted by molar-refractivity contribution is 0.0938. The number of carbonyl (C=O) groups is 1. The average molecular weight is 456 g/mol. The van der Waals surface area contributed by atoms with Crippen LogP contribution >= 0.6 is 0 Å². The first-order valence-corrected chi connectivity index (χ1v) is 13.1. The molecule has 2 aliphatic rings. The summed E-state index contributed by atoms with van der Waals surface area (Å²) in [6, 6.07) is 15.3. The van der Waals surface area contributed by atoms with Gasteiger partial charge in [0.15, 0.2) is 0 Å². The van der Waals surface area contributed by atoms with Crippen molar-refractivity contribution in [3.63, 3.8) is 0 Å². The van der Waals surface area contributed by atoms with Crippen LogP contribution in [0.15, 0.2) is 53.4 Å². The first-order valence-electron chi connectivity index (χ1n) is 11.7. The summed E-state index contributed by atoms with van der Waals surface area (Å²) in [5, 5.41) is 3.04. The zero-order valence-electron chi connectivity index (χ0n) is 18.8. The van der Waals surface area contributed by atoms with E-state index in [4.69, 9.17) is 0 Å². The van der Waals surface area contributed by atoms with Crippen LogP contribution in [0.25, 0.3) is 0 Å². The molecule has 32 heavy (non-hydrogen) atoms. The van der Waals surface area contributed by atoms with E-state index in [-0.39, 0.29) is 16.8 Å². The van der Waals surface area contributed by atoms with Crippen LogP contribution in [-0.2, 0) is 16.4 Å². The second-order valence-electron chi connectivity index (χ2n) is 8.89. The summed E-state index contributed by atoms with van der Waals surface area (Å²) < 4.78 is 28.4. The van der Waals surface area contributed by atoms with Crippen molar-refractivity contribution in [3.05, 3.63) is 59.7 Å². The third kappa shape index (κ3) is 5.15. The number of hydrogen-bond acceptors (Lipinski definition) is 4. The molecule has 4 rings (SSSR count). The molecule has 2 fully saturated rings. The summed E-state index contributed by atoms with van der Waals surface area (Å²) in [5.74, 6) is -0.226. The van der Waals surface area contributed by atoms with Gasteiger partial charge in [-0.3, -0.25) is 4.79 Å². The van der Waals surface area contributed by atoms with E-state index < -0.39 is 10.0 Å². The van der Waals surface area contributed by atoms with Crippen LogP contribution in [0, 0.1) is 0 Å². The van der Waals surface area contributed by atoms with Crippen LogP contribution < -0.4 is 10.2 Å². The number of nitrogens with one attached hydrogen (secondary N) is 1. The van der Waals surface area contributed by atoms with Gasteiger partial charge in [-0.1, -0.05) is 30.3 Å². The van der Waals surface area contributed by atoms with Crippen LogP contribution in [-0.4, -0.2) is 50.9 Å². The zero-order valence-corrected chi connectivity index (χ0v) is 19.6. The lowest BCUT2D eigenvalue weighted by Gasteiger charge is -2.25. The van der Waals surface area contributed by atoms with Gasteiger partial charge in [0.25, 0.3) is 5.91 Å². The largest absolute Gasteiger partial charge is 0.370 e. The monoisotopic (exact) mass is 455 g/mol. The molecule has 2 aromatic carbocycles. The smallest absolute Gasteiger partial charge is 0.251 e. The summed E-state index contributed by atoms with van der Waals surface area (Å²) in [4.78, 5) is 15.4. The SMILES string of the molecule is C[C@H](CCc1ccccc1)NC(=O)c1ccc(N2CCCC2)c(S(=O)(=O)N2CCCC2)c1. The maximum absolute atomic E-state index is 13.4. The molecule has 0 spiro atoms. The van der Waals surface area contributed by atoms with Gasteiger partial charge < -0.3 is 10.2 Å². The fourth-order valence-corrected chi connectivity index (χ4v) is 6.31. The number of rotatable bonds is 8. The summed E-state index contributed by atoms with van der Waals surface area (Å²) in [6.45, 7) is 4.79. The van der Waals surface area contributed by atoms with E-state index in [1.165, 1.54) is 5.56 Å². The Labute approximate surface area is 191 Å². The van der Waals surface area contributed by atoms with E-state index in [1.807, 2.05) is 31.2 Å². The molecule has 0 aliphatic carbocycles. The molecular formula is C25H33N3O3S. The van der Waals surface area contributed by atoms with Crippen molar-refractivity contribution in [2.24, 2.45) is 0 Å². The van der Waals surface area contributed by atoms with Gasteiger partial charge in [0.1, 0.15) is 4.90 Å². The molecule has 2 heterocycles. The van der Waals surface area contributed by atoms with Gasteiger partial charge in [-0.25, -0.2) is 8.42 Å². The van der Waals surface area contributed by atoms with E-state index >= 15 is 0 Å². The Kier molecular flexibility index (Phi) is 7.16. The highest BCUT2D eigenvalue weighted by atomic mass is 32.2. The Morgan fingerprint density at radius 3 is 2.31 bits per heavy atom. The van der Waals surface area contributed by atoms with E-state index in [9.17, 15) is 13.2 Å². The number of amides is 1. The Hall–Kier alpha value is -2.38. The Morgan fingerprint density at radius 2 is 1.62 bits per heavy atom. The van der Waals surface area contributed by atoms with Crippen molar-refractivity contribution >= 4 is 21.6 Å². The quantitative estimate of drug-likeness (QED) is 0.657. The molecule has 1 atom stereocenters. The van der Waals surface area contributed by atoms with Gasteiger partial charge in [-0.05, 0) is 69.2 Å². The molecule has 172 valence electrons. The van der Waals surface area contributed by atoms with E-state index in [0.29, 0.717) is 18.7 Å². The predicted octanol–water partition coefficient (Wildman–Crippen LogP) is 3.82. The van der Waals surface area contributed by atoms with Gasteiger partial charge in [0.2, 0.25) is 10.0 Å². The third-order valence-corrected chi connectivity index (χ3v) is 8.37. The molecule has 0 unspecified atom stereocenters. The first-order chi connectivity index (χ1) is 15.4. The molecule has 2 aromatic rings. The van der Waals surface area contributed by atoms with Gasteiger partial charge in [0, 0.05) is 37.8 Å². The van der Waals surface area contributed by atoms with Crippen molar-refractivity contribution in [3.8, 4) is 0 Å². The molecule has 0 saturated carbocycles. The maximum Gasteiger partial charge on any atom is 0.251 e. The van der Waals surface area contributed by atoms with Crippen LogP contribution in [0.2, 0.25) is 0 Å². The van der Waals surface area contributed by atoms with Gasteiger partial charge in [-0.15, -0.1) is 0 Å². The lowest BCUT2D eigenvalue weighted by atomic mass is 10.1. The summed E-state index contributed by atoms with van der Waals surface area (Å²) in [7, 11) is -3.63. The molecule has 6 nitrogen and oxygen atoms in total. The van der Waals surface area contributed by atoms with Crippen LogP contribution in [0.1, 0.15) is 54.9 Å². The molecule has 2 saturated heterocycles. The Balaban J connectivity index is 1.52. The molecule has 0 radical (unpaired) electrons. The van der Waals surface area contributed by atoms with Crippen molar-refractivity contribution in [1.82, 2.24) is 9.62 Å². The van der Waals surface area contributed by atoms with Crippen molar-refractivity contribution in [1.29, 1.82) is 0 Å². The average Bonchev–Trinajstić information content (AvgIpc) is 3.53. The van der Waals surface area contributed by atoms with E-state index in [0.717, 1.165) is 57.3 Å². The molecule has 2 aliphatic heterocycles. The summed E-state index contributed by atoms with van der Waals surface area (Å²) >= 11 is 0. The first kappa shape index (κ1) is 22.8. The van der Waals surface area contributed by atoms with Crippen LogP contribution in [0.5, 0.6) is 0 Å².